The van der Waals surface area contributed by atoms with Crippen LogP contribution >= 0.6 is 11.6 Å². The van der Waals surface area contributed by atoms with E-state index in [4.69, 9.17) is 11.6 Å². The molecule has 0 spiro atoms. The van der Waals surface area contributed by atoms with Crippen LogP contribution < -0.4 is 10.6 Å². The lowest BCUT2D eigenvalue weighted by molar-refractivity contribution is -0.123. The predicted molar refractivity (Wildman–Crippen MR) is 144 cm³/mol. The van der Waals surface area contributed by atoms with E-state index in [9.17, 15) is 19.5 Å². The van der Waals surface area contributed by atoms with Gasteiger partial charge in [0.15, 0.2) is 5.65 Å². The number of nitrogens with one attached hydrogen (secondary N) is 2. The Morgan fingerprint density at radius 1 is 1.07 bits per heavy atom. The van der Waals surface area contributed by atoms with Gasteiger partial charge in [-0.2, -0.15) is 9.67 Å². The van der Waals surface area contributed by atoms with E-state index >= 15 is 0 Å². The molecule has 0 aliphatic carbocycles. The Balaban J connectivity index is 1.35. The second-order valence-electron chi connectivity index (χ2n) is 8.49. The maximum Gasteiger partial charge on any atom is 0.337 e. The molecular formula is C26H20ClN9O4. The number of hydrogen-bond acceptors (Lipinski definition) is 8. The van der Waals surface area contributed by atoms with E-state index in [2.05, 4.69) is 36.2 Å². The maximum atomic E-state index is 13.3. The summed E-state index contributed by atoms with van der Waals surface area (Å²) in [6, 6.07) is 16.1. The highest BCUT2D eigenvalue weighted by molar-refractivity contribution is 6.30. The van der Waals surface area contributed by atoms with Gasteiger partial charge in [-0.25, -0.2) is 9.31 Å². The molecule has 14 heteroatoms. The van der Waals surface area contributed by atoms with Crippen LogP contribution in [0, 0.1) is 0 Å². The third kappa shape index (κ3) is 6.16. The van der Waals surface area contributed by atoms with Crippen molar-refractivity contribution in [2.75, 3.05) is 5.32 Å². The number of aromatic nitrogens is 7. The van der Waals surface area contributed by atoms with Crippen LogP contribution in [-0.4, -0.2) is 63.7 Å². The minimum absolute atomic E-state index is 0.0132. The molecule has 3 N–H and O–H groups in total. The minimum atomic E-state index is -1.12. The Hall–Kier alpha value is -5.43. The normalized spacial score (nSPS) is 11.9. The van der Waals surface area contributed by atoms with E-state index in [0.717, 1.165) is 5.56 Å². The fraction of sp³-hybridized carbons (Fsp3) is 0.0769. The number of anilines is 1. The molecule has 1 atom stereocenters. The first kappa shape index (κ1) is 26.2. The molecule has 200 valence electrons. The van der Waals surface area contributed by atoms with Crippen LogP contribution in [0.4, 0.5) is 5.95 Å². The highest BCUT2D eigenvalue weighted by atomic mass is 35.5. The van der Waals surface area contributed by atoms with Crippen LogP contribution in [0.1, 0.15) is 21.5 Å². The van der Waals surface area contributed by atoms with Crippen molar-refractivity contribution >= 4 is 47.1 Å². The van der Waals surface area contributed by atoms with E-state index in [1.54, 1.807) is 24.3 Å². The van der Waals surface area contributed by atoms with Crippen LogP contribution in [0.3, 0.4) is 0 Å². The van der Waals surface area contributed by atoms with Gasteiger partial charge in [0.1, 0.15) is 12.4 Å². The smallest absolute Gasteiger partial charge is 0.337 e. The quantitative estimate of drug-likeness (QED) is 0.230. The van der Waals surface area contributed by atoms with Crippen LogP contribution in [0.25, 0.3) is 17.4 Å². The number of carboxylic acids is 1. The Bertz CT molecular complexity index is 1720. The lowest BCUT2D eigenvalue weighted by Gasteiger charge is -2.17. The number of amides is 2. The van der Waals surface area contributed by atoms with Gasteiger partial charge in [0.25, 0.3) is 0 Å². The fourth-order valence-corrected chi connectivity index (χ4v) is 4.02. The van der Waals surface area contributed by atoms with Crippen molar-refractivity contribution in [3.63, 3.8) is 0 Å². The van der Waals surface area contributed by atoms with Crippen molar-refractivity contribution in [2.45, 2.75) is 12.5 Å². The number of tetrazole rings is 1. The number of aromatic carboxylic acids is 1. The molecule has 2 amide bonds. The van der Waals surface area contributed by atoms with Gasteiger partial charge in [0, 0.05) is 29.3 Å². The zero-order chi connectivity index (χ0) is 28.1. The lowest BCUT2D eigenvalue weighted by atomic mass is 10.1. The van der Waals surface area contributed by atoms with Crippen LogP contribution in [0.15, 0.2) is 79.3 Å². The van der Waals surface area contributed by atoms with Crippen molar-refractivity contribution in [3.05, 3.63) is 101 Å². The molecule has 5 aromatic rings. The van der Waals surface area contributed by atoms with Gasteiger partial charge in [-0.1, -0.05) is 41.9 Å². The third-order valence-electron chi connectivity index (χ3n) is 5.73. The van der Waals surface area contributed by atoms with Gasteiger partial charge in [-0.05, 0) is 52.4 Å². The Kier molecular flexibility index (Phi) is 7.55. The number of hydrogen-bond donors (Lipinski definition) is 3. The number of fused-ring (bicyclic) bond motifs is 1. The third-order valence-corrected chi connectivity index (χ3v) is 5.96. The van der Waals surface area contributed by atoms with Gasteiger partial charge in [-0.15, -0.1) is 10.2 Å². The van der Waals surface area contributed by atoms with Crippen molar-refractivity contribution in [3.8, 4) is 5.69 Å². The monoisotopic (exact) mass is 557 g/mol. The second-order valence-corrected chi connectivity index (χ2v) is 8.93. The van der Waals surface area contributed by atoms with Crippen molar-refractivity contribution in [1.82, 2.24) is 40.1 Å². The largest absolute Gasteiger partial charge is 0.478 e. The number of carbonyl (C=O) groups excluding carboxylic acids is 2. The second kappa shape index (κ2) is 11.5. The summed E-state index contributed by atoms with van der Waals surface area (Å²) >= 11 is 6.15. The molecule has 5 rings (SSSR count). The summed E-state index contributed by atoms with van der Waals surface area (Å²) in [5.41, 5.74) is 2.34. The summed E-state index contributed by atoms with van der Waals surface area (Å²) in [5.74, 6) is -2.25. The number of carbonyl (C=O) groups is 3. The summed E-state index contributed by atoms with van der Waals surface area (Å²) in [7, 11) is 0. The molecule has 3 aromatic heterocycles. The highest BCUT2D eigenvalue weighted by Gasteiger charge is 2.22. The van der Waals surface area contributed by atoms with E-state index in [0.29, 0.717) is 21.9 Å². The molecule has 0 aliphatic heterocycles. The Morgan fingerprint density at radius 3 is 2.65 bits per heavy atom. The number of pyridine rings is 1. The molecule has 3 heterocycles. The molecule has 40 heavy (non-hydrogen) atoms. The SMILES string of the molecule is O=C(/C=C/c1cc(Cl)ccc1-n1cnnn1)N[C@@H](Cc1ccccc1)C(=O)Nc1nc2ccc(C(=O)O)cn2n1. The molecule has 2 aromatic carbocycles. The van der Waals surface area contributed by atoms with Gasteiger partial charge in [-0.3, -0.25) is 14.9 Å². The van der Waals surface area contributed by atoms with Crippen molar-refractivity contribution < 1.29 is 19.5 Å². The summed E-state index contributed by atoms with van der Waals surface area (Å²) in [4.78, 5) is 41.7. The molecule has 0 bridgehead atoms. The van der Waals surface area contributed by atoms with Gasteiger partial charge in [0.2, 0.25) is 17.8 Å². The molecule has 0 aliphatic rings. The molecule has 0 fully saturated rings. The molecule has 13 nitrogen and oxygen atoms in total. The molecule has 0 radical (unpaired) electrons. The van der Waals surface area contributed by atoms with Crippen LogP contribution in [0.5, 0.6) is 0 Å². The topological polar surface area (TPSA) is 169 Å². The minimum Gasteiger partial charge on any atom is -0.478 e. The van der Waals surface area contributed by atoms with Crippen LogP contribution in [-0.2, 0) is 16.0 Å². The van der Waals surface area contributed by atoms with Crippen LogP contribution in [0.2, 0.25) is 5.02 Å². The zero-order valence-electron chi connectivity index (χ0n) is 20.5. The van der Waals surface area contributed by atoms with Crippen molar-refractivity contribution in [1.29, 1.82) is 0 Å². The van der Waals surface area contributed by atoms with E-state index in [-0.39, 0.29) is 17.9 Å². The number of carboxylic acid groups (broad SMARTS) is 1. The first-order valence-electron chi connectivity index (χ1n) is 11.8. The first-order chi connectivity index (χ1) is 19.4. The summed E-state index contributed by atoms with van der Waals surface area (Å²) in [5, 5.41) is 30.2. The van der Waals surface area contributed by atoms with E-state index in [1.165, 1.54) is 39.9 Å². The average molecular weight is 558 g/mol. The fourth-order valence-electron chi connectivity index (χ4n) is 3.84. The molecule has 0 saturated carbocycles. The Labute approximate surface area is 231 Å². The summed E-state index contributed by atoms with van der Waals surface area (Å²) in [6.07, 6.45) is 5.71. The number of nitrogens with zero attached hydrogens (tertiary/aromatic N) is 7. The summed E-state index contributed by atoms with van der Waals surface area (Å²) in [6.45, 7) is 0. The standard InChI is InChI=1S/C26H20ClN9O4/c27-19-8-9-21(36-15-28-33-34-36)17(13-19)7-11-23(37)29-20(12-16-4-2-1-3-5-16)24(38)31-26-30-22-10-6-18(25(39)40)14-35(22)32-26/h1-11,13-15,20H,12H2,(H,29,37)(H,39,40)(H,31,32,38)/b11-7+/t20-/m0/s1. The Morgan fingerprint density at radius 2 is 1.90 bits per heavy atom. The van der Waals surface area contributed by atoms with Crippen molar-refractivity contribution in [2.24, 2.45) is 0 Å². The predicted octanol–water partition coefficient (Wildman–Crippen LogP) is 2.44. The summed E-state index contributed by atoms with van der Waals surface area (Å²) < 4.78 is 2.68. The number of benzene rings is 2. The van der Waals surface area contributed by atoms with E-state index < -0.39 is 23.8 Å². The molecular weight excluding hydrogens is 538 g/mol. The molecule has 0 unspecified atom stereocenters. The average Bonchev–Trinajstić information content (AvgIpc) is 3.61. The highest BCUT2D eigenvalue weighted by Crippen LogP contribution is 2.20. The zero-order valence-corrected chi connectivity index (χ0v) is 21.3. The number of rotatable bonds is 9. The lowest BCUT2D eigenvalue weighted by Crippen LogP contribution is -2.44. The maximum absolute atomic E-state index is 13.3. The molecule has 0 saturated heterocycles. The van der Waals surface area contributed by atoms with Gasteiger partial charge < -0.3 is 10.4 Å². The number of halogens is 1. The van der Waals surface area contributed by atoms with Gasteiger partial charge in [0.05, 0.1) is 11.3 Å². The van der Waals surface area contributed by atoms with Gasteiger partial charge >= 0.3 is 5.97 Å². The first-order valence-corrected chi connectivity index (χ1v) is 12.2. The van der Waals surface area contributed by atoms with E-state index in [1.807, 2.05) is 30.3 Å².